The molecule has 0 aliphatic heterocycles. The number of carbonyl (C=O) groups excluding carboxylic acids is 4. The van der Waals surface area contributed by atoms with E-state index in [0.29, 0.717) is 25.7 Å². The number of aliphatic hydroxyl groups is 1. The van der Waals surface area contributed by atoms with Gasteiger partial charge in [0, 0.05) is 25.7 Å². The molecule has 0 radical (unpaired) electrons. The molecule has 19 heteroatoms. The Kier molecular flexibility index (Phi) is 67.7. The van der Waals surface area contributed by atoms with Crippen LogP contribution in [0.2, 0.25) is 0 Å². The summed E-state index contributed by atoms with van der Waals surface area (Å²) in [6, 6.07) is 0. The van der Waals surface area contributed by atoms with E-state index in [-0.39, 0.29) is 25.7 Å². The van der Waals surface area contributed by atoms with Crippen LogP contribution in [0.15, 0.2) is 0 Å². The van der Waals surface area contributed by atoms with E-state index in [1.54, 1.807) is 0 Å². The van der Waals surface area contributed by atoms with E-state index < -0.39 is 97.5 Å². The molecule has 2 unspecified atom stereocenters. The quantitative estimate of drug-likeness (QED) is 0.0222. The van der Waals surface area contributed by atoms with Gasteiger partial charge in [-0.15, -0.1) is 0 Å². The molecule has 5 atom stereocenters. The van der Waals surface area contributed by atoms with Gasteiger partial charge in [-0.2, -0.15) is 0 Å². The van der Waals surface area contributed by atoms with Gasteiger partial charge < -0.3 is 33.8 Å². The first-order valence-corrected chi connectivity index (χ1v) is 42.6. The SMILES string of the molecule is CCCCCCCCCCCCCCCCCCCC(=O)O[C@H](COC(=O)CCCCCCCCCCCCCCCCCC)COP(=O)(O)OC[C@@H](O)COP(=O)(O)OC[C@@H](COC(=O)CCCCCCCCCCC)OC(=O)CCCCCCCCCCCCC(C)C. The third-order valence-electron chi connectivity index (χ3n) is 17.8. The van der Waals surface area contributed by atoms with Gasteiger partial charge in [0.1, 0.15) is 19.3 Å². The van der Waals surface area contributed by atoms with Crippen molar-refractivity contribution < 1.29 is 80.2 Å². The molecule has 0 aliphatic carbocycles. The number of hydrogen-bond acceptors (Lipinski definition) is 15. The fourth-order valence-electron chi connectivity index (χ4n) is 11.7. The van der Waals surface area contributed by atoms with Crippen LogP contribution in [-0.2, 0) is 65.4 Å². The molecule has 0 aromatic heterocycles. The van der Waals surface area contributed by atoms with E-state index in [2.05, 4.69) is 34.6 Å². The number of esters is 4. The molecule has 0 saturated carbocycles. The van der Waals surface area contributed by atoms with Crippen LogP contribution in [0.3, 0.4) is 0 Å². The highest BCUT2D eigenvalue weighted by Gasteiger charge is 2.30. The van der Waals surface area contributed by atoms with Crippen molar-refractivity contribution in [2.45, 2.75) is 419 Å². The molecule has 0 saturated heterocycles. The molecule has 0 aliphatic rings. The maximum atomic E-state index is 13.1. The Balaban J connectivity index is 5.23. The lowest BCUT2D eigenvalue weighted by Gasteiger charge is -2.21. The molecule has 0 bridgehead atoms. The predicted octanol–water partition coefficient (Wildman–Crippen LogP) is 22.5. The van der Waals surface area contributed by atoms with Crippen molar-refractivity contribution in [3.05, 3.63) is 0 Å². The molecule has 564 valence electrons. The predicted molar refractivity (Wildman–Crippen MR) is 386 cm³/mol. The van der Waals surface area contributed by atoms with Gasteiger partial charge in [-0.3, -0.25) is 37.3 Å². The maximum Gasteiger partial charge on any atom is 0.472 e. The fraction of sp³-hybridized carbons (Fsp3) is 0.947. The number of carbonyl (C=O) groups is 4. The number of phosphoric ester groups is 2. The number of aliphatic hydroxyl groups excluding tert-OH is 1. The third kappa shape index (κ3) is 70.3. The minimum Gasteiger partial charge on any atom is -0.462 e. The largest absolute Gasteiger partial charge is 0.472 e. The zero-order valence-corrected chi connectivity index (χ0v) is 63.6. The first-order chi connectivity index (χ1) is 46.0. The number of rotatable bonds is 76. The zero-order chi connectivity index (χ0) is 69.8. The van der Waals surface area contributed by atoms with Gasteiger partial charge in [-0.25, -0.2) is 9.13 Å². The highest BCUT2D eigenvalue weighted by Crippen LogP contribution is 2.45. The van der Waals surface area contributed by atoms with Gasteiger partial charge in [-0.1, -0.05) is 349 Å². The van der Waals surface area contributed by atoms with Gasteiger partial charge in [-0.05, 0) is 31.6 Å². The fourth-order valence-corrected chi connectivity index (χ4v) is 13.3. The van der Waals surface area contributed by atoms with E-state index >= 15 is 0 Å². The normalized spacial score (nSPS) is 13.9. The highest BCUT2D eigenvalue weighted by atomic mass is 31.2. The number of unbranched alkanes of at least 4 members (excludes halogenated alkanes) is 48. The standard InChI is InChI=1S/C76H148O17P2/c1-6-9-12-15-18-21-23-25-27-29-31-33-35-41-46-51-56-61-75(80)92-72(66-87-74(79)60-55-50-45-40-34-32-30-28-26-24-22-19-16-13-10-7-2)68-91-95(84,85)89-64-70(77)63-88-94(82,83)90-67-71(65-86-73(78)59-54-49-44-38-20-17-14-11-8-3)93-76(81)62-57-52-47-42-37-36-39-43-48-53-58-69(4)5/h69-72,77H,6-68H2,1-5H3,(H,82,83)(H,84,85)/t70-,71+,72+/m0/s1. The molecule has 0 heterocycles. The second-order valence-corrected chi connectivity index (χ2v) is 30.8. The lowest BCUT2D eigenvalue weighted by Crippen LogP contribution is -2.30. The Morgan fingerprint density at radius 2 is 0.484 bits per heavy atom. The third-order valence-corrected chi connectivity index (χ3v) is 19.7. The van der Waals surface area contributed by atoms with Crippen LogP contribution >= 0.6 is 15.6 Å². The van der Waals surface area contributed by atoms with Crippen LogP contribution < -0.4 is 0 Å². The molecule has 0 rings (SSSR count). The summed E-state index contributed by atoms with van der Waals surface area (Å²) in [7, 11) is -9.91. The highest BCUT2D eigenvalue weighted by molar-refractivity contribution is 7.47. The molecule has 95 heavy (non-hydrogen) atoms. The zero-order valence-electron chi connectivity index (χ0n) is 61.8. The first-order valence-electron chi connectivity index (χ1n) is 39.6. The van der Waals surface area contributed by atoms with Gasteiger partial charge in [0.2, 0.25) is 0 Å². The molecule has 17 nitrogen and oxygen atoms in total. The van der Waals surface area contributed by atoms with Crippen LogP contribution in [0.25, 0.3) is 0 Å². The Bertz CT molecular complexity index is 1820. The molecule has 0 aromatic carbocycles. The van der Waals surface area contributed by atoms with Crippen LogP contribution in [0.4, 0.5) is 0 Å². The molecule has 0 aromatic rings. The monoisotopic (exact) mass is 1400 g/mol. The van der Waals surface area contributed by atoms with Crippen molar-refractivity contribution >= 4 is 39.5 Å². The van der Waals surface area contributed by atoms with Crippen molar-refractivity contribution in [1.29, 1.82) is 0 Å². The molecule has 0 fully saturated rings. The summed E-state index contributed by atoms with van der Waals surface area (Å²) in [5.41, 5.74) is 0. The summed E-state index contributed by atoms with van der Waals surface area (Å²) in [5.74, 6) is -1.36. The molecular weight excluding hydrogens is 1250 g/mol. The van der Waals surface area contributed by atoms with Crippen molar-refractivity contribution in [3.8, 4) is 0 Å². The van der Waals surface area contributed by atoms with E-state index in [4.69, 9.17) is 37.0 Å². The van der Waals surface area contributed by atoms with Crippen LogP contribution in [-0.4, -0.2) is 96.7 Å². The van der Waals surface area contributed by atoms with Crippen LogP contribution in [0.1, 0.15) is 401 Å². The lowest BCUT2D eigenvalue weighted by atomic mass is 10.0. The number of ether oxygens (including phenoxy) is 4. The first kappa shape index (κ1) is 93.1. The summed E-state index contributed by atoms with van der Waals surface area (Å²) >= 11 is 0. The molecule has 0 spiro atoms. The summed E-state index contributed by atoms with van der Waals surface area (Å²) in [4.78, 5) is 72.8. The van der Waals surface area contributed by atoms with Crippen LogP contribution in [0, 0.1) is 5.92 Å². The van der Waals surface area contributed by atoms with Gasteiger partial charge in [0.15, 0.2) is 12.2 Å². The van der Waals surface area contributed by atoms with E-state index in [1.807, 2.05) is 0 Å². The minimum atomic E-state index is -4.96. The molecular formula is C76H148O17P2. The summed E-state index contributed by atoms with van der Waals surface area (Å²) in [6.07, 6.45) is 58.2. The minimum absolute atomic E-state index is 0.106. The summed E-state index contributed by atoms with van der Waals surface area (Å²) < 4.78 is 68.5. The van der Waals surface area contributed by atoms with Crippen molar-refractivity contribution in [3.63, 3.8) is 0 Å². The van der Waals surface area contributed by atoms with Gasteiger partial charge in [0.05, 0.1) is 26.4 Å². The van der Waals surface area contributed by atoms with Crippen LogP contribution in [0.5, 0.6) is 0 Å². The van der Waals surface area contributed by atoms with E-state index in [0.717, 1.165) is 95.8 Å². The Morgan fingerprint density at radius 3 is 0.716 bits per heavy atom. The van der Waals surface area contributed by atoms with Gasteiger partial charge >= 0.3 is 39.5 Å². The van der Waals surface area contributed by atoms with E-state index in [9.17, 15) is 43.2 Å². The Labute approximate surface area is 581 Å². The second kappa shape index (κ2) is 69.2. The smallest absolute Gasteiger partial charge is 0.462 e. The lowest BCUT2D eigenvalue weighted by molar-refractivity contribution is -0.161. The number of hydrogen-bond donors (Lipinski definition) is 3. The Hall–Kier alpha value is -1.94. The summed E-state index contributed by atoms with van der Waals surface area (Å²) in [5, 5.41) is 10.6. The van der Waals surface area contributed by atoms with E-state index in [1.165, 1.54) is 225 Å². The van der Waals surface area contributed by atoms with Crippen molar-refractivity contribution in [1.82, 2.24) is 0 Å². The maximum absolute atomic E-state index is 13.1. The van der Waals surface area contributed by atoms with Crippen molar-refractivity contribution in [2.75, 3.05) is 39.6 Å². The Morgan fingerprint density at radius 1 is 0.284 bits per heavy atom. The average Bonchev–Trinajstić information content (AvgIpc) is 3.28. The number of phosphoric acid groups is 2. The molecule has 0 amide bonds. The topological polar surface area (TPSA) is 237 Å². The molecule has 3 N–H and O–H groups in total. The van der Waals surface area contributed by atoms with Gasteiger partial charge in [0.25, 0.3) is 0 Å². The van der Waals surface area contributed by atoms with Crippen molar-refractivity contribution in [2.24, 2.45) is 5.92 Å². The summed E-state index contributed by atoms with van der Waals surface area (Å²) in [6.45, 7) is 7.27. The second-order valence-electron chi connectivity index (χ2n) is 27.9. The average molecular weight is 1400 g/mol.